The molecule has 1 amide bonds. The van der Waals surface area contributed by atoms with Gasteiger partial charge in [-0.2, -0.15) is 5.10 Å². The summed E-state index contributed by atoms with van der Waals surface area (Å²) in [6, 6.07) is 17.5. The summed E-state index contributed by atoms with van der Waals surface area (Å²) in [7, 11) is 0. The second-order valence-corrected chi connectivity index (χ2v) is 5.86. The number of nitrogens with zero attached hydrogens (tertiary/aromatic N) is 2. The van der Waals surface area contributed by atoms with Crippen molar-refractivity contribution in [3.8, 4) is 11.4 Å². The first kappa shape index (κ1) is 14.5. The van der Waals surface area contributed by atoms with E-state index in [0.717, 1.165) is 17.0 Å². The Kier molecular flexibility index (Phi) is 3.54. The lowest BCUT2D eigenvalue weighted by Gasteiger charge is -2.14. The average Bonchev–Trinajstić information content (AvgIpc) is 3.21. The van der Waals surface area contributed by atoms with Crippen molar-refractivity contribution in [2.75, 3.05) is 5.32 Å². The van der Waals surface area contributed by atoms with E-state index in [-0.39, 0.29) is 11.8 Å². The second kappa shape index (κ2) is 5.85. The minimum Gasteiger partial charge on any atom is -0.480 e. The summed E-state index contributed by atoms with van der Waals surface area (Å²) in [6.07, 6.45) is 2.90. The Balaban J connectivity index is 1.49. The Labute approximate surface area is 139 Å². The highest BCUT2D eigenvalue weighted by molar-refractivity contribution is 5.95. The number of hydrogen-bond donors (Lipinski definition) is 1. The van der Waals surface area contributed by atoms with Gasteiger partial charge in [0.15, 0.2) is 6.10 Å². The van der Waals surface area contributed by atoms with Crippen LogP contribution in [0, 0.1) is 0 Å². The number of rotatable bonds is 3. The number of hydrogen-bond acceptors (Lipinski definition) is 3. The quantitative estimate of drug-likeness (QED) is 0.805. The monoisotopic (exact) mass is 319 g/mol. The van der Waals surface area contributed by atoms with E-state index in [0.29, 0.717) is 5.69 Å². The van der Waals surface area contributed by atoms with Gasteiger partial charge in [0.2, 0.25) is 0 Å². The molecule has 0 unspecified atom stereocenters. The highest BCUT2D eigenvalue weighted by atomic mass is 16.5. The summed E-state index contributed by atoms with van der Waals surface area (Å²) in [5, 5.41) is 7.18. The Hall–Kier alpha value is -3.08. The van der Waals surface area contributed by atoms with Crippen LogP contribution in [-0.2, 0) is 4.79 Å². The van der Waals surface area contributed by atoms with E-state index in [2.05, 4.69) is 10.4 Å². The summed E-state index contributed by atoms with van der Waals surface area (Å²) in [6.45, 7) is 2.00. The molecule has 3 aromatic rings. The first-order chi connectivity index (χ1) is 11.7. The maximum Gasteiger partial charge on any atom is 0.266 e. The van der Waals surface area contributed by atoms with Crippen LogP contribution in [0.15, 0.2) is 67.0 Å². The van der Waals surface area contributed by atoms with Crippen LogP contribution in [0.25, 0.3) is 5.69 Å². The number of aromatic nitrogens is 2. The molecule has 0 saturated heterocycles. The lowest BCUT2D eigenvalue weighted by Crippen LogP contribution is -2.33. The van der Waals surface area contributed by atoms with Crippen molar-refractivity contribution in [3.05, 3.63) is 72.6 Å². The number of amides is 1. The van der Waals surface area contributed by atoms with Gasteiger partial charge in [-0.1, -0.05) is 43.3 Å². The molecule has 0 saturated carbocycles. The fourth-order valence-electron chi connectivity index (χ4n) is 2.97. The van der Waals surface area contributed by atoms with Gasteiger partial charge in [-0.15, -0.1) is 0 Å². The summed E-state index contributed by atoms with van der Waals surface area (Å²) in [4.78, 5) is 12.6. The number of benzene rings is 2. The molecule has 4 rings (SSSR count). The van der Waals surface area contributed by atoms with Gasteiger partial charge in [0.05, 0.1) is 23.8 Å². The van der Waals surface area contributed by atoms with Crippen LogP contribution in [0.5, 0.6) is 5.75 Å². The van der Waals surface area contributed by atoms with Crippen molar-refractivity contribution in [2.24, 2.45) is 0 Å². The van der Waals surface area contributed by atoms with Gasteiger partial charge in [0.1, 0.15) is 5.75 Å². The molecule has 0 radical (unpaired) electrons. The van der Waals surface area contributed by atoms with E-state index >= 15 is 0 Å². The molecule has 2 atom stereocenters. The van der Waals surface area contributed by atoms with Crippen LogP contribution < -0.4 is 10.1 Å². The predicted molar refractivity (Wildman–Crippen MR) is 91.5 cm³/mol. The smallest absolute Gasteiger partial charge is 0.266 e. The molecule has 1 aliphatic rings. The first-order valence-corrected chi connectivity index (χ1v) is 7.89. The van der Waals surface area contributed by atoms with E-state index in [1.165, 1.54) is 0 Å². The van der Waals surface area contributed by atoms with Crippen molar-refractivity contribution in [1.29, 1.82) is 0 Å². The van der Waals surface area contributed by atoms with Crippen LogP contribution in [0.2, 0.25) is 0 Å². The Morgan fingerprint density at radius 2 is 1.88 bits per heavy atom. The molecular weight excluding hydrogens is 302 g/mol. The fraction of sp³-hybridized carbons (Fsp3) is 0.158. The van der Waals surface area contributed by atoms with Crippen molar-refractivity contribution >= 4 is 11.6 Å². The van der Waals surface area contributed by atoms with Gasteiger partial charge in [-0.25, -0.2) is 4.68 Å². The number of para-hydroxylation sites is 2. The maximum atomic E-state index is 12.6. The zero-order valence-corrected chi connectivity index (χ0v) is 13.2. The van der Waals surface area contributed by atoms with Gasteiger partial charge < -0.3 is 10.1 Å². The minimum absolute atomic E-state index is 0.0189. The number of carbonyl (C=O) groups excluding carboxylic acids is 1. The van der Waals surface area contributed by atoms with Crippen molar-refractivity contribution in [1.82, 2.24) is 9.78 Å². The SMILES string of the molecule is C[C@H]1c2ccccc2O[C@@H]1C(=O)Nc1cnn(-c2ccccc2)c1. The topological polar surface area (TPSA) is 56.1 Å². The third kappa shape index (κ3) is 2.54. The number of carbonyl (C=O) groups is 1. The summed E-state index contributed by atoms with van der Waals surface area (Å²) >= 11 is 0. The predicted octanol–water partition coefficient (Wildman–Crippen LogP) is 3.38. The standard InChI is InChI=1S/C19H17N3O2/c1-13-16-9-5-6-10-17(16)24-18(13)19(23)21-14-11-20-22(12-14)15-7-3-2-4-8-15/h2-13,18H,1H3,(H,21,23)/t13-,18-/m0/s1. The Bertz CT molecular complexity index is 873. The zero-order chi connectivity index (χ0) is 16.5. The van der Waals surface area contributed by atoms with Gasteiger partial charge in [0, 0.05) is 11.5 Å². The normalized spacial score (nSPS) is 18.7. The van der Waals surface area contributed by atoms with E-state index in [1.54, 1.807) is 17.1 Å². The van der Waals surface area contributed by atoms with Crippen molar-refractivity contribution in [3.63, 3.8) is 0 Å². The number of nitrogens with one attached hydrogen (secondary N) is 1. The van der Waals surface area contributed by atoms with Crippen molar-refractivity contribution < 1.29 is 9.53 Å². The van der Waals surface area contributed by atoms with Crippen LogP contribution in [0.4, 0.5) is 5.69 Å². The lowest BCUT2D eigenvalue weighted by molar-refractivity contribution is -0.122. The molecular formula is C19H17N3O2. The van der Waals surface area contributed by atoms with Gasteiger partial charge >= 0.3 is 0 Å². The molecule has 0 spiro atoms. The molecule has 0 bridgehead atoms. The number of fused-ring (bicyclic) bond motifs is 1. The fourth-order valence-corrected chi connectivity index (χ4v) is 2.97. The van der Waals surface area contributed by atoms with Gasteiger partial charge in [-0.05, 0) is 18.2 Å². The maximum absolute atomic E-state index is 12.6. The van der Waals surface area contributed by atoms with E-state index in [4.69, 9.17) is 4.74 Å². The van der Waals surface area contributed by atoms with Crippen LogP contribution in [0.1, 0.15) is 18.4 Å². The Morgan fingerprint density at radius 1 is 1.12 bits per heavy atom. The summed E-state index contributed by atoms with van der Waals surface area (Å²) < 4.78 is 7.53. The highest BCUT2D eigenvalue weighted by Crippen LogP contribution is 2.37. The largest absolute Gasteiger partial charge is 0.480 e. The van der Waals surface area contributed by atoms with E-state index in [9.17, 15) is 4.79 Å². The molecule has 24 heavy (non-hydrogen) atoms. The molecule has 5 nitrogen and oxygen atoms in total. The first-order valence-electron chi connectivity index (χ1n) is 7.89. The van der Waals surface area contributed by atoms with Crippen LogP contribution in [0.3, 0.4) is 0 Å². The van der Waals surface area contributed by atoms with Crippen molar-refractivity contribution in [2.45, 2.75) is 18.9 Å². The minimum atomic E-state index is -0.525. The molecule has 120 valence electrons. The number of ether oxygens (including phenoxy) is 1. The molecule has 1 aromatic heterocycles. The molecule has 0 fully saturated rings. The Morgan fingerprint density at radius 3 is 2.67 bits per heavy atom. The second-order valence-electron chi connectivity index (χ2n) is 5.86. The van der Waals surface area contributed by atoms with Crippen LogP contribution in [-0.4, -0.2) is 21.8 Å². The zero-order valence-electron chi connectivity index (χ0n) is 13.2. The molecule has 2 aromatic carbocycles. The van der Waals surface area contributed by atoms with E-state index < -0.39 is 6.10 Å². The van der Waals surface area contributed by atoms with E-state index in [1.807, 2.05) is 61.5 Å². The average molecular weight is 319 g/mol. The molecule has 2 heterocycles. The highest BCUT2D eigenvalue weighted by Gasteiger charge is 2.36. The molecule has 1 N–H and O–H groups in total. The van der Waals surface area contributed by atoms with Gasteiger partial charge in [-0.3, -0.25) is 4.79 Å². The third-order valence-electron chi connectivity index (χ3n) is 4.25. The lowest BCUT2D eigenvalue weighted by atomic mass is 9.97. The molecule has 1 aliphatic heterocycles. The van der Waals surface area contributed by atoms with Crippen LogP contribution >= 0.6 is 0 Å². The number of anilines is 1. The molecule has 5 heteroatoms. The van der Waals surface area contributed by atoms with Gasteiger partial charge in [0.25, 0.3) is 5.91 Å². The summed E-state index contributed by atoms with van der Waals surface area (Å²) in [5.74, 6) is 0.641. The molecule has 0 aliphatic carbocycles. The third-order valence-corrected chi connectivity index (χ3v) is 4.25. The summed E-state index contributed by atoms with van der Waals surface area (Å²) in [5.41, 5.74) is 2.66.